The van der Waals surface area contributed by atoms with Gasteiger partial charge in [-0.1, -0.05) is 23.7 Å². The zero-order valence-corrected chi connectivity index (χ0v) is 15.3. The molecule has 4 aromatic rings. The Morgan fingerprint density at radius 1 is 1.15 bits per heavy atom. The molecule has 0 saturated carbocycles. The molecule has 0 aliphatic heterocycles. The van der Waals surface area contributed by atoms with Crippen molar-refractivity contribution in [1.29, 1.82) is 0 Å². The van der Waals surface area contributed by atoms with Crippen LogP contribution in [-0.4, -0.2) is 21.3 Å². The number of hydrogen-bond donors (Lipinski definition) is 1. The summed E-state index contributed by atoms with van der Waals surface area (Å²) < 4.78 is 8.21. The van der Waals surface area contributed by atoms with E-state index in [0.717, 1.165) is 22.2 Å². The maximum absolute atomic E-state index is 13.0. The highest BCUT2D eigenvalue weighted by Crippen LogP contribution is 2.26. The molecule has 2 N–H and O–H groups in total. The number of nitrogen functional groups attached to an aromatic ring is 1. The van der Waals surface area contributed by atoms with Crippen LogP contribution in [0, 0.1) is 0 Å². The van der Waals surface area contributed by atoms with Gasteiger partial charge in [-0.2, -0.15) is 0 Å². The smallest absolute Gasteiger partial charge is 0.263 e. The van der Waals surface area contributed by atoms with Gasteiger partial charge in [0.25, 0.3) is 5.56 Å². The standard InChI is InChI=1S/C20H17ClN4O2/c1-27-16-5-2-13(3-6-16)11-24-12-23-10-17(20(24)26)19-9-14-8-15(21)4-7-18(14)25(19)22/h2-10,12H,11,22H2,1H3. The van der Waals surface area contributed by atoms with Gasteiger partial charge in [0, 0.05) is 16.6 Å². The summed E-state index contributed by atoms with van der Waals surface area (Å²) >= 11 is 6.06. The van der Waals surface area contributed by atoms with Crippen LogP contribution in [0.15, 0.2) is 65.8 Å². The molecule has 0 spiro atoms. The summed E-state index contributed by atoms with van der Waals surface area (Å²) in [5.41, 5.74) is 2.62. The highest BCUT2D eigenvalue weighted by atomic mass is 35.5. The van der Waals surface area contributed by atoms with Gasteiger partial charge in [0.2, 0.25) is 0 Å². The molecule has 0 radical (unpaired) electrons. The maximum atomic E-state index is 13.0. The van der Waals surface area contributed by atoms with Gasteiger partial charge in [-0.25, -0.2) is 4.98 Å². The molecule has 136 valence electrons. The van der Waals surface area contributed by atoms with Gasteiger partial charge in [0.1, 0.15) is 5.75 Å². The van der Waals surface area contributed by atoms with Crippen molar-refractivity contribution in [3.63, 3.8) is 0 Å². The number of methoxy groups -OCH3 is 1. The predicted molar refractivity (Wildman–Crippen MR) is 107 cm³/mol. The number of halogens is 1. The van der Waals surface area contributed by atoms with Gasteiger partial charge in [-0.3, -0.25) is 14.0 Å². The third-order valence-corrected chi connectivity index (χ3v) is 4.72. The van der Waals surface area contributed by atoms with Crippen LogP contribution in [0.3, 0.4) is 0 Å². The predicted octanol–water partition coefficient (Wildman–Crippen LogP) is 3.29. The summed E-state index contributed by atoms with van der Waals surface area (Å²) in [7, 11) is 1.62. The Hall–Kier alpha value is -3.25. The zero-order chi connectivity index (χ0) is 19.0. The molecule has 0 aliphatic carbocycles. The normalized spacial score (nSPS) is 11.0. The fraction of sp³-hybridized carbons (Fsp3) is 0.100. The molecule has 2 aromatic carbocycles. The van der Waals surface area contributed by atoms with E-state index in [9.17, 15) is 4.79 Å². The van der Waals surface area contributed by atoms with Crippen LogP contribution in [0.2, 0.25) is 5.02 Å². The second-order valence-electron chi connectivity index (χ2n) is 6.19. The average molecular weight is 381 g/mol. The fourth-order valence-electron chi connectivity index (χ4n) is 3.08. The monoisotopic (exact) mass is 380 g/mol. The average Bonchev–Trinajstić information content (AvgIpc) is 2.99. The fourth-order valence-corrected chi connectivity index (χ4v) is 3.26. The summed E-state index contributed by atoms with van der Waals surface area (Å²) in [4.78, 5) is 17.2. The van der Waals surface area contributed by atoms with Crippen molar-refractivity contribution in [2.75, 3.05) is 13.0 Å². The number of fused-ring (bicyclic) bond motifs is 1. The van der Waals surface area contributed by atoms with Crippen molar-refractivity contribution in [2.24, 2.45) is 0 Å². The Balaban J connectivity index is 1.76. The lowest BCUT2D eigenvalue weighted by Crippen LogP contribution is -2.24. The number of ether oxygens (including phenoxy) is 1. The molecule has 0 bridgehead atoms. The van der Waals surface area contributed by atoms with Gasteiger partial charge in [-0.05, 0) is 42.0 Å². The molecule has 27 heavy (non-hydrogen) atoms. The first-order chi connectivity index (χ1) is 13.1. The van der Waals surface area contributed by atoms with Crippen molar-refractivity contribution < 1.29 is 4.74 Å². The van der Waals surface area contributed by atoms with E-state index in [1.54, 1.807) is 17.7 Å². The molecule has 0 unspecified atom stereocenters. The van der Waals surface area contributed by atoms with Crippen LogP contribution in [0.5, 0.6) is 5.75 Å². The van der Waals surface area contributed by atoms with Crippen molar-refractivity contribution in [3.8, 4) is 17.0 Å². The summed E-state index contributed by atoms with van der Waals surface area (Å²) in [6, 6.07) is 14.8. The lowest BCUT2D eigenvalue weighted by molar-refractivity contribution is 0.414. The van der Waals surface area contributed by atoms with Gasteiger partial charge in [0.15, 0.2) is 0 Å². The van der Waals surface area contributed by atoms with Crippen LogP contribution in [0.1, 0.15) is 5.56 Å². The topological polar surface area (TPSA) is 75.1 Å². The Labute approximate surface area is 160 Å². The summed E-state index contributed by atoms with van der Waals surface area (Å²) in [5, 5.41) is 1.48. The second-order valence-corrected chi connectivity index (χ2v) is 6.63. The van der Waals surface area contributed by atoms with Crippen LogP contribution in [0.25, 0.3) is 22.2 Å². The molecule has 0 atom stereocenters. The first-order valence-corrected chi connectivity index (χ1v) is 8.68. The molecule has 0 saturated heterocycles. The van der Waals surface area contributed by atoms with E-state index in [-0.39, 0.29) is 5.56 Å². The highest BCUT2D eigenvalue weighted by molar-refractivity contribution is 6.31. The van der Waals surface area contributed by atoms with Crippen LogP contribution in [-0.2, 0) is 6.54 Å². The number of hydrogen-bond acceptors (Lipinski definition) is 4. The molecular formula is C20H17ClN4O2. The van der Waals surface area contributed by atoms with Crippen LogP contribution < -0.4 is 16.1 Å². The largest absolute Gasteiger partial charge is 0.497 e. The van der Waals surface area contributed by atoms with E-state index >= 15 is 0 Å². The van der Waals surface area contributed by atoms with E-state index in [1.807, 2.05) is 42.5 Å². The van der Waals surface area contributed by atoms with Crippen molar-refractivity contribution in [2.45, 2.75) is 6.54 Å². The third-order valence-electron chi connectivity index (χ3n) is 4.49. The van der Waals surface area contributed by atoms with E-state index in [4.69, 9.17) is 22.2 Å². The first-order valence-electron chi connectivity index (χ1n) is 8.30. The number of benzene rings is 2. The minimum absolute atomic E-state index is 0.165. The number of nitrogens with two attached hydrogens (primary N) is 1. The van der Waals surface area contributed by atoms with E-state index in [1.165, 1.54) is 17.2 Å². The van der Waals surface area contributed by atoms with Crippen LogP contribution >= 0.6 is 11.6 Å². The Morgan fingerprint density at radius 3 is 2.67 bits per heavy atom. The highest BCUT2D eigenvalue weighted by Gasteiger charge is 2.14. The molecule has 7 heteroatoms. The number of rotatable bonds is 4. The SMILES string of the molecule is COc1ccc(Cn2cncc(-c3cc4cc(Cl)ccc4n3N)c2=O)cc1. The lowest BCUT2D eigenvalue weighted by Gasteiger charge is -2.09. The first kappa shape index (κ1) is 17.2. The van der Waals surface area contributed by atoms with Gasteiger partial charge in [-0.15, -0.1) is 0 Å². The summed E-state index contributed by atoms with van der Waals surface area (Å²) in [6.45, 7) is 0.403. The quantitative estimate of drug-likeness (QED) is 0.551. The van der Waals surface area contributed by atoms with Crippen molar-refractivity contribution in [1.82, 2.24) is 14.2 Å². The summed E-state index contributed by atoms with van der Waals surface area (Å²) in [6.07, 6.45) is 3.06. The second kappa shape index (κ2) is 6.81. The zero-order valence-electron chi connectivity index (χ0n) is 14.6. The minimum atomic E-state index is -0.165. The number of aromatic nitrogens is 3. The van der Waals surface area contributed by atoms with E-state index in [2.05, 4.69) is 4.98 Å². The van der Waals surface area contributed by atoms with Gasteiger partial charge < -0.3 is 10.6 Å². The van der Waals surface area contributed by atoms with E-state index in [0.29, 0.717) is 22.8 Å². The van der Waals surface area contributed by atoms with Crippen LogP contribution in [0.4, 0.5) is 0 Å². The Kier molecular flexibility index (Phi) is 4.33. The Bertz CT molecular complexity index is 1180. The third kappa shape index (κ3) is 3.15. The molecule has 0 aliphatic rings. The Morgan fingerprint density at radius 2 is 1.93 bits per heavy atom. The summed E-state index contributed by atoms with van der Waals surface area (Å²) in [5.74, 6) is 6.98. The molecule has 0 amide bonds. The van der Waals surface area contributed by atoms with Gasteiger partial charge >= 0.3 is 0 Å². The molecule has 2 heterocycles. The van der Waals surface area contributed by atoms with E-state index < -0.39 is 0 Å². The minimum Gasteiger partial charge on any atom is -0.497 e. The molecule has 6 nitrogen and oxygen atoms in total. The van der Waals surface area contributed by atoms with Crippen molar-refractivity contribution >= 4 is 22.5 Å². The lowest BCUT2D eigenvalue weighted by atomic mass is 10.2. The molecule has 0 fully saturated rings. The maximum Gasteiger partial charge on any atom is 0.263 e. The molecule has 4 rings (SSSR count). The molecular weight excluding hydrogens is 364 g/mol. The van der Waals surface area contributed by atoms with Gasteiger partial charge in [0.05, 0.1) is 36.8 Å². The molecule has 2 aromatic heterocycles. The number of nitrogens with zero attached hydrogens (tertiary/aromatic N) is 3. The van der Waals surface area contributed by atoms with Crippen molar-refractivity contribution in [3.05, 3.63) is 82.0 Å².